The molecule has 1 aromatic carbocycles. The van der Waals surface area contributed by atoms with Gasteiger partial charge in [-0.1, -0.05) is 0 Å². The van der Waals surface area contributed by atoms with E-state index in [-0.39, 0.29) is 17.0 Å². The van der Waals surface area contributed by atoms with Gasteiger partial charge >= 0.3 is 0 Å². The number of carbonyl (C=O) groups is 2. The van der Waals surface area contributed by atoms with E-state index in [2.05, 4.69) is 4.72 Å². The molecular formula is C11H12FN3O4S. The largest absolute Gasteiger partial charge is 0.396 e. The fourth-order valence-electron chi connectivity index (χ4n) is 1.78. The number of likely N-dealkylation sites (tertiary alicyclic amines) is 1. The van der Waals surface area contributed by atoms with E-state index in [1.807, 2.05) is 0 Å². The van der Waals surface area contributed by atoms with Crippen molar-refractivity contribution in [1.29, 1.82) is 0 Å². The van der Waals surface area contributed by atoms with Crippen molar-refractivity contribution in [2.75, 3.05) is 12.8 Å². The van der Waals surface area contributed by atoms with Crippen molar-refractivity contribution in [3.63, 3.8) is 0 Å². The van der Waals surface area contributed by atoms with Gasteiger partial charge < -0.3 is 5.73 Å². The van der Waals surface area contributed by atoms with Gasteiger partial charge in [-0.25, -0.2) is 12.8 Å². The number of likely N-dealkylation sites (N-methyl/N-ethyl adjacent to an activating group) is 1. The van der Waals surface area contributed by atoms with Gasteiger partial charge in [0, 0.05) is 7.05 Å². The molecule has 0 bridgehead atoms. The number of benzene rings is 1. The van der Waals surface area contributed by atoms with Crippen LogP contribution < -0.4 is 10.5 Å². The van der Waals surface area contributed by atoms with Crippen LogP contribution in [0.2, 0.25) is 0 Å². The molecule has 1 unspecified atom stereocenters. The Morgan fingerprint density at radius 1 is 1.40 bits per heavy atom. The molecule has 0 saturated carbocycles. The lowest BCUT2D eigenvalue weighted by Crippen LogP contribution is -2.40. The number of sulfonamides is 1. The lowest BCUT2D eigenvalue weighted by Gasteiger charge is -2.12. The number of amides is 2. The second-order valence-corrected chi connectivity index (χ2v) is 6.07. The number of imide groups is 1. The van der Waals surface area contributed by atoms with Gasteiger partial charge in [0.25, 0.3) is 0 Å². The van der Waals surface area contributed by atoms with E-state index in [4.69, 9.17) is 5.73 Å². The third-order valence-corrected chi connectivity index (χ3v) is 4.43. The lowest BCUT2D eigenvalue weighted by molar-refractivity contribution is -0.137. The van der Waals surface area contributed by atoms with Crippen molar-refractivity contribution >= 4 is 27.5 Å². The van der Waals surface area contributed by atoms with Crippen LogP contribution in [0.15, 0.2) is 23.1 Å². The average molecular weight is 301 g/mol. The smallest absolute Gasteiger partial charge is 0.247 e. The van der Waals surface area contributed by atoms with Crippen LogP contribution >= 0.6 is 0 Å². The molecule has 1 heterocycles. The SMILES string of the molecule is CN1C(=O)CC(NS(=O)(=O)c2ccc(N)c(F)c2)C1=O. The maximum atomic E-state index is 13.3. The van der Waals surface area contributed by atoms with Crippen LogP contribution in [-0.2, 0) is 19.6 Å². The monoisotopic (exact) mass is 301 g/mol. The average Bonchev–Trinajstić information content (AvgIpc) is 2.60. The molecule has 0 radical (unpaired) electrons. The fraction of sp³-hybridized carbons (Fsp3) is 0.273. The Kier molecular flexibility index (Phi) is 3.48. The zero-order valence-corrected chi connectivity index (χ0v) is 11.3. The number of nitrogen functional groups attached to an aromatic ring is 1. The summed E-state index contributed by atoms with van der Waals surface area (Å²) in [5.74, 6) is -2.00. The molecule has 0 aromatic heterocycles. The molecule has 1 saturated heterocycles. The van der Waals surface area contributed by atoms with Gasteiger partial charge in [-0.3, -0.25) is 14.5 Å². The van der Waals surface area contributed by atoms with Gasteiger partial charge in [-0.15, -0.1) is 0 Å². The number of nitrogens with one attached hydrogen (secondary N) is 1. The van der Waals surface area contributed by atoms with Crippen LogP contribution in [0.1, 0.15) is 6.42 Å². The number of hydrogen-bond donors (Lipinski definition) is 2. The Balaban J connectivity index is 2.26. The number of nitrogens with two attached hydrogens (primary N) is 1. The first-order valence-electron chi connectivity index (χ1n) is 5.60. The maximum Gasteiger partial charge on any atom is 0.247 e. The van der Waals surface area contributed by atoms with Crippen LogP contribution in [0.5, 0.6) is 0 Å². The minimum Gasteiger partial charge on any atom is -0.396 e. The van der Waals surface area contributed by atoms with Crippen LogP contribution in [0, 0.1) is 5.82 Å². The van der Waals surface area contributed by atoms with Crippen molar-refractivity contribution in [2.24, 2.45) is 0 Å². The number of hydrogen-bond acceptors (Lipinski definition) is 5. The van der Waals surface area contributed by atoms with E-state index in [1.54, 1.807) is 0 Å². The lowest BCUT2D eigenvalue weighted by atomic mass is 10.3. The molecule has 0 aliphatic carbocycles. The first-order chi connectivity index (χ1) is 9.22. The molecule has 108 valence electrons. The molecule has 20 heavy (non-hydrogen) atoms. The number of rotatable bonds is 3. The van der Waals surface area contributed by atoms with Gasteiger partial charge in [-0.2, -0.15) is 4.72 Å². The molecule has 3 N–H and O–H groups in total. The number of halogens is 1. The standard InChI is InChI=1S/C11H12FN3O4S/c1-15-10(16)5-9(11(15)17)14-20(18,19)6-2-3-8(13)7(12)4-6/h2-4,9,14H,5,13H2,1H3. The van der Waals surface area contributed by atoms with Crippen molar-refractivity contribution in [1.82, 2.24) is 9.62 Å². The second kappa shape index (κ2) is 4.84. The third-order valence-electron chi connectivity index (χ3n) is 2.96. The Bertz CT molecular complexity index is 689. The summed E-state index contributed by atoms with van der Waals surface area (Å²) in [6.45, 7) is 0. The summed E-state index contributed by atoms with van der Waals surface area (Å²) in [7, 11) is -2.84. The molecular weight excluding hydrogens is 289 g/mol. The highest BCUT2D eigenvalue weighted by molar-refractivity contribution is 7.89. The summed E-state index contributed by atoms with van der Waals surface area (Å²) < 4.78 is 39.4. The Morgan fingerprint density at radius 3 is 2.55 bits per heavy atom. The minimum absolute atomic E-state index is 0.184. The van der Waals surface area contributed by atoms with Gasteiger partial charge in [0.1, 0.15) is 11.9 Å². The summed E-state index contributed by atoms with van der Waals surface area (Å²) in [5, 5.41) is 0. The molecule has 1 atom stereocenters. The molecule has 2 rings (SSSR count). The fourth-order valence-corrected chi connectivity index (χ4v) is 2.98. The molecule has 1 aliphatic heterocycles. The van der Waals surface area contributed by atoms with Crippen LogP contribution in [0.25, 0.3) is 0 Å². The Morgan fingerprint density at radius 2 is 2.05 bits per heavy atom. The maximum absolute atomic E-state index is 13.3. The van der Waals surface area contributed by atoms with Gasteiger partial charge in [0.05, 0.1) is 17.0 Å². The second-order valence-electron chi connectivity index (χ2n) is 4.35. The van der Waals surface area contributed by atoms with Crippen LogP contribution in [0.4, 0.5) is 10.1 Å². The molecule has 9 heteroatoms. The van der Waals surface area contributed by atoms with Crippen molar-refractivity contribution in [3.05, 3.63) is 24.0 Å². The molecule has 7 nitrogen and oxygen atoms in total. The van der Waals surface area contributed by atoms with Crippen LogP contribution in [0.3, 0.4) is 0 Å². The molecule has 2 amide bonds. The zero-order valence-electron chi connectivity index (χ0n) is 10.5. The summed E-state index contributed by atoms with van der Waals surface area (Å²) in [6, 6.07) is 1.81. The summed E-state index contributed by atoms with van der Waals surface area (Å²) in [4.78, 5) is 23.4. The molecule has 1 aliphatic rings. The van der Waals surface area contributed by atoms with E-state index in [9.17, 15) is 22.4 Å². The topological polar surface area (TPSA) is 110 Å². The quantitative estimate of drug-likeness (QED) is 0.574. The van der Waals surface area contributed by atoms with Crippen molar-refractivity contribution in [3.8, 4) is 0 Å². The van der Waals surface area contributed by atoms with E-state index >= 15 is 0 Å². The minimum atomic E-state index is -4.11. The van der Waals surface area contributed by atoms with Crippen molar-refractivity contribution in [2.45, 2.75) is 17.4 Å². The summed E-state index contributed by atoms with van der Waals surface area (Å²) in [5.41, 5.74) is 5.07. The van der Waals surface area contributed by atoms with Crippen molar-refractivity contribution < 1.29 is 22.4 Å². The number of anilines is 1. The predicted molar refractivity (Wildman–Crippen MR) is 67.3 cm³/mol. The third kappa shape index (κ3) is 2.49. The van der Waals surface area contributed by atoms with Crippen LogP contribution in [-0.4, -0.2) is 38.2 Å². The molecule has 0 spiro atoms. The molecule has 1 aromatic rings. The number of nitrogens with zero attached hydrogens (tertiary/aromatic N) is 1. The van der Waals surface area contributed by atoms with E-state index in [0.717, 1.165) is 23.1 Å². The highest BCUT2D eigenvalue weighted by Gasteiger charge is 2.38. The summed E-state index contributed by atoms with van der Waals surface area (Å²) >= 11 is 0. The first kappa shape index (κ1) is 14.4. The van der Waals surface area contributed by atoms with E-state index in [1.165, 1.54) is 7.05 Å². The highest BCUT2D eigenvalue weighted by Crippen LogP contribution is 2.18. The zero-order chi connectivity index (χ0) is 15.1. The molecule has 1 fully saturated rings. The summed E-state index contributed by atoms with van der Waals surface area (Å²) in [6.07, 6.45) is -0.258. The predicted octanol–water partition coefficient (Wildman–Crippen LogP) is -0.557. The highest BCUT2D eigenvalue weighted by atomic mass is 32.2. The Hall–Kier alpha value is -2.00. The van der Waals surface area contributed by atoms with E-state index in [0.29, 0.717) is 0 Å². The van der Waals surface area contributed by atoms with Gasteiger partial charge in [0.2, 0.25) is 21.8 Å². The normalized spacial score (nSPS) is 19.7. The Labute approximate surface area is 114 Å². The number of carbonyl (C=O) groups excluding carboxylic acids is 2. The van der Waals surface area contributed by atoms with Gasteiger partial charge in [0.15, 0.2) is 0 Å². The van der Waals surface area contributed by atoms with Gasteiger partial charge in [-0.05, 0) is 18.2 Å². The van der Waals surface area contributed by atoms with E-state index < -0.39 is 33.7 Å². The first-order valence-corrected chi connectivity index (χ1v) is 7.08.